The Morgan fingerprint density at radius 3 is 2.71 bits per heavy atom. The first-order chi connectivity index (χ1) is 6.61. The van der Waals surface area contributed by atoms with Crippen LogP contribution in [0, 0.1) is 6.92 Å². The van der Waals surface area contributed by atoms with E-state index in [1.54, 1.807) is 13.0 Å². The topological polar surface area (TPSA) is 61.7 Å². The van der Waals surface area contributed by atoms with Crippen LogP contribution in [-0.2, 0) is 6.54 Å². The third kappa shape index (κ3) is 1.92. The van der Waals surface area contributed by atoms with Crippen molar-refractivity contribution in [1.82, 2.24) is 5.48 Å². The van der Waals surface area contributed by atoms with Gasteiger partial charge in [0.2, 0.25) is 0 Å². The van der Waals surface area contributed by atoms with Crippen LogP contribution >= 0.6 is 11.6 Å². The zero-order valence-electron chi connectivity index (χ0n) is 7.97. The first-order valence-corrected chi connectivity index (χ1v) is 4.41. The largest absolute Gasteiger partial charge is 0.504 e. The van der Waals surface area contributed by atoms with Crippen LogP contribution in [0.4, 0.5) is 0 Å². The second kappa shape index (κ2) is 4.50. The lowest BCUT2D eigenvalue weighted by molar-refractivity contribution is 0.160. The number of hydroxylamine groups is 1. The molecular formula is C9H12ClNO3. The van der Waals surface area contributed by atoms with Crippen molar-refractivity contribution < 1.29 is 15.1 Å². The number of benzene rings is 1. The summed E-state index contributed by atoms with van der Waals surface area (Å²) in [4.78, 5) is 0. The molecule has 1 aromatic rings. The molecule has 0 heterocycles. The summed E-state index contributed by atoms with van der Waals surface area (Å²) in [6, 6.07) is 1.64. The van der Waals surface area contributed by atoms with Crippen molar-refractivity contribution >= 4 is 11.6 Å². The van der Waals surface area contributed by atoms with Crippen LogP contribution in [-0.4, -0.2) is 17.4 Å². The second-order valence-corrected chi connectivity index (χ2v) is 3.25. The van der Waals surface area contributed by atoms with E-state index in [9.17, 15) is 5.11 Å². The van der Waals surface area contributed by atoms with Crippen LogP contribution in [0.25, 0.3) is 0 Å². The van der Waals surface area contributed by atoms with Gasteiger partial charge in [-0.3, -0.25) is 0 Å². The molecule has 0 atom stereocenters. The molecule has 5 heteroatoms. The molecule has 0 aliphatic rings. The van der Waals surface area contributed by atoms with E-state index in [-0.39, 0.29) is 12.3 Å². The molecule has 0 unspecified atom stereocenters. The summed E-state index contributed by atoms with van der Waals surface area (Å²) in [5, 5.41) is 18.6. The molecule has 0 radical (unpaired) electrons. The van der Waals surface area contributed by atoms with Gasteiger partial charge in [-0.25, -0.2) is 5.48 Å². The van der Waals surface area contributed by atoms with Crippen LogP contribution in [0.1, 0.15) is 11.1 Å². The minimum Gasteiger partial charge on any atom is -0.504 e. The van der Waals surface area contributed by atoms with E-state index in [1.807, 2.05) is 5.48 Å². The molecule has 1 rings (SSSR count). The number of methoxy groups -OCH3 is 1. The first kappa shape index (κ1) is 11.1. The maximum absolute atomic E-state index is 9.66. The zero-order valence-corrected chi connectivity index (χ0v) is 8.72. The van der Waals surface area contributed by atoms with Crippen molar-refractivity contribution in [2.75, 3.05) is 7.11 Å². The highest BCUT2D eigenvalue weighted by molar-refractivity contribution is 6.32. The zero-order chi connectivity index (χ0) is 10.7. The quantitative estimate of drug-likeness (QED) is 0.677. The molecule has 0 bridgehead atoms. The van der Waals surface area contributed by atoms with Gasteiger partial charge in [0.05, 0.1) is 18.7 Å². The molecule has 78 valence electrons. The predicted octanol–water partition coefficient (Wildman–Crippen LogP) is 1.84. The van der Waals surface area contributed by atoms with Crippen LogP contribution in [0.2, 0.25) is 5.02 Å². The van der Waals surface area contributed by atoms with E-state index in [2.05, 4.69) is 0 Å². The molecule has 1 aromatic carbocycles. The van der Waals surface area contributed by atoms with E-state index in [1.165, 1.54) is 7.11 Å². The number of halogens is 1. The van der Waals surface area contributed by atoms with E-state index in [0.717, 1.165) is 5.56 Å². The van der Waals surface area contributed by atoms with E-state index in [0.29, 0.717) is 16.3 Å². The number of rotatable bonds is 3. The Balaban J connectivity index is 3.29. The molecular weight excluding hydrogens is 206 g/mol. The Labute approximate surface area is 87.0 Å². The lowest BCUT2D eigenvalue weighted by Crippen LogP contribution is -2.07. The van der Waals surface area contributed by atoms with Gasteiger partial charge in [-0.05, 0) is 18.6 Å². The Morgan fingerprint density at radius 2 is 2.21 bits per heavy atom. The van der Waals surface area contributed by atoms with Crippen molar-refractivity contribution in [3.05, 3.63) is 22.2 Å². The van der Waals surface area contributed by atoms with Gasteiger partial charge in [0, 0.05) is 5.56 Å². The van der Waals surface area contributed by atoms with Gasteiger partial charge >= 0.3 is 0 Å². The third-order valence-electron chi connectivity index (χ3n) is 1.95. The van der Waals surface area contributed by atoms with Gasteiger partial charge < -0.3 is 15.1 Å². The molecule has 0 aliphatic heterocycles. The number of aryl methyl sites for hydroxylation is 1. The summed E-state index contributed by atoms with van der Waals surface area (Å²) < 4.78 is 4.95. The SMILES string of the molecule is COc1cc(C)c(Cl)c(CNO)c1O. The minimum atomic E-state index is -0.0512. The molecule has 0 spiro atoms. The number of aromatic hydroxyl groups is 1. The first-order valence-electron chi connectivity index (χ1n) is 4.03. The fraction of sp³-hybridized carbons (Fsp3) is 0.333. The van der Waals surface area contributed by atoms with Crippen molar-refractivity contribution in [1.29, 1.82) is 0 Å². The molecule has 0 aromatic heterocycles. The average Bonchev–Trinajstić information content (AvgIpc) is 2.18. The Bertz CT molecular complexity index is 341. The Morgan fingerprint density at radius 1 is 1.57 bits per heavy atom. The second-order valence-electron chi connectivity index (χ2n) is 2.87. The molecule has 0 amide bonds. The maximum atomic E-state index is 9.66. The average molecular weight is 218 g/mol. The summed E-state index contributed by atoms with van der Waals surface area (Å²) in [5.74, 6) is 0.293. The smallest absolute Gasteiger partial charge is 0.163 e. The highest BCUT2D eigenvalue weighted by atomic mass is 35.5. The van der Waals surface area contributed by atoms with Crippen molar-refractivity contribution in [3.63, 3.8) is 0 Å². The molecule has 4 nitrogen and oxygen atoms in total. The number of phenolic OH excluding ortho intramolecular Hbond substituents is 1. The summed E-state index contributed by atoms with van der Waals surface area (Å²) in [5.41, 5.74) is 3.15. The van der Waals surface area contributed by atoms with Crippen LogP contribution in [0.5, 0.6) is 11.5 Å². The number of phenols is 1. The van der Waals surface area contributed by atoms with Crippen molar-refractivity contribution in [2.24, 2.45) is 0 Å². The predicted molar refractivity (Wildman–Crippen MR) is 53.0 cm³/mol. The van der Waals surface area contributed by atoms with Gasteiger partial charge in [-0.2, -0.15) is 0 Å². The standard InChI is InChI=1S/C9H12ClNO3/c1-5-3-7(14-2)9(12)6(4-11-13)8(5)10/h3,11-13H,4H2,1-2H3. The van der Waals surface area contributed by atoms with Gasteiger partial charge in [0.15, 0.2) is 11.5 Å². The fourth-order valence-electron chi connectivity index (χ4n) is 1.22. The van der Waals surface area contributed by atoms with E-state index < -0.39 is 0 Å². The third-order valence-corrected chi connectivity index (χ3v) is 2.48. The van der Waals surface area contributed by atoms with Gasteiger partial charge in [-0.1, -0.05) is 11.6 Å². The van der Waals surface area contributed by atoms with Crippen LogP contribution in [0.15, 0.2) is 6.07 Å². The maximum Gasteiger partial charge on any atom is 0.163 e. The summed E-state index contributed by atoms with van der Waals surface area (Å²) in [6.45, 7) is 1.87. The highest BCUT2D eigenvalue weighted by Crippen LogP contribution is 2.37. The lowest BCUT2D eigenvalue weighted by Gasteiger charge is -2.12. The molecule has 0 aliphatic carbocycles. The monoisotopic (exact) mass is 217 g/mol. The number of hydrogen-bond acceptors (Lipinski definition) is 4. The Hall–Kier alpha value is -0.970. The van der Waals surface area contributed by atoms with Crippen LogP contribution in [0.3, 0.4) is 0 Å². The van der Waals surface area contributed by atoms with Gasteiger partial charge in [0.25, 0.3) is 0 Å². The summed E-state index contributed by atoms with van der Waals surface area (Å²) >= 11 is 5.94. The van der Waals surface area contributed by atoms with Gasteiger partial charge in [-0.15, -0.1) is 0 Å². The van der Waals surface area contributed by atoms with Crippen LogP contribution < -0.4 is 10.2 Å². The highest BCUT2D eigenvalue weighted by Gasteiger charge is 2.14. The fourth-order valence-corrected chi connectivity index (χ4v) is 1.43. The van der Waals surface area contributed by atoms with Gasteiger partial charge in [0.1, 0.15) is 0 Å². The summed E-state index contributed by atoms with van der Waals surface area (Å²) in [6.07, 6.45) is 0. The number of hydrogen-bond donors (Lipinski definition) is 3. The lowest BCUT2D eigenvalue weighted by atomic mass is 10.1. The molecule has 0 fully saturated rings. The molecule has 14 heavy (non-hydrogen) atoms. The van der Waals surface area contributed by atoms with E-state index >= 15 is 0 Å². The van der Waals surface area contributed by atoms with Crippen molar-refractivity contribution in [3.8, 4) is 11.5 Å². The number of ether oxygens (including phenoxy) is 1. The number of nitrogens with one attached hydrogen (secondary N) is 1. The van der Waals surface area contributed by atoms with Crippen molar-refractivity contribution in [2.45, 2.75) is 13.5 Å². The Kier molecular flexibility index (Phi) is 3.57. The molecule has 0 saturated carbocycles. The minimum absolute atomic E-state index is 0.0512. The molecule has 3 N–H and O–H groups in total. The normalized spacial score (nSPS) is 10.3. The molecule has 0 saturated heterocycles. The van der Waals surface area contributed by atoms with E-state index in [4.69, 9.17) is 21.5 Å². The summed E-state index contributed by atoms with van der Waals surface area (Å²) in [7, 11) is 1.46.